The van der Waals surface area contributed by atoms with Gasteiger partial charge in [0, 0.05) is 24.4 Å². The van der Waals surface area contributed by atoms with E-state index in [2.05, 4.69) is 11.1 Å². The molecule has 0 saturated heterocycles. The maximum Gasteiger partial charge on any atom is 0.0660 e. The van der Waals surface area contributed by atoms with Gasteiger partial charge < -0.3 is 10.5 Å². The fraction of sp³-hybridized carbons (Fsp3) is 0.308. The number of benzene rings is 1. The first kappa shape index (κ1) is 11.0. The number of pyridine rings is 1. The van der Waals surface area contributed by atoms with Gasteiger partial charge in [-0.25, -0.2) is 0 Å². The molecule has 2 N–H and O–H groups in total. The predicted molar refractivity (Wildman–Crippen MR) is 65.2 cm³/mol. The van der Waals surface area contributed by atoms with Crippen LogP contribution in [0.1, 0.15) is 18.5 Å². The average Bonchev–Trinajstić information content (AvgIpc) is 2.35. The summed E-state index contributed by atoms with van der Waals surface area (Å²) in [5.74, 6) is 0. The molecule has 0 spiro atoms. The van der Waals surface area contributed by atoms with Crippen LogP contribution in [0.4, 0.5) is 0 Å². The van der Waals surface area contributed by atoms with Crippen LogP contribution in [0.5, 0.6) is 0 Å². The second-order valence-electron chi connectivity index (χ2n) is 3.72. The lowest BCUT2D eigenvalue weighted by molar-refractivity contribution is 0.134. The molecular formula is C13H16N2O. The molecule has 3 heteroatoms. The standard InChI is InChI=1S/C13H16N2O/c1-2-16-9-13(14)12-8-15-7-10-5-3-4-6-11(10)12/h3-8,13H,2,9,14H2,1H3. The van der Waals surface area contributed by atoms with E-state index in [0.29, 0.717) is 13.2 Å². The number of fused-ring (bicyclic) bond motifs is 1. The van der Waals surface area contributed by atoms with Gasteiger partial charge in [-0.1, -0.05) is 24.3 Å². The van der Waals surface area contributed by atoms with Crippen LogP contribution in [0.25, 0.3) is 10.8 Å². The number of hydrogen-bond acceptors (Lipinski definition) is 3. The second kappa shape index (κ2) is 5.05. The summed E-state index contributed by atoms with van der Waals surface area (Å²) < 4.78 is 5.35. The van der Waals surface area contributed by atoms with Gasteiger partial charge in [0.05, 0.1) is 12.6 Å². The molecule has 1 heterocycles. The van der Waals surface area contributed by atoms with Crippen molar-refractivity contribution in [2.24, 2.45) is 5.73 Å². The van der Waals surface area contributed by atoms with Crippen LogP contribution < -0.4 is 5.73 Å². The largest absolute Gasteiger partial charge is 0.380 e. The van der Waals surface area contributed by atoms with E-state index in [1.165, 1.54) is 0 Å². The van der Waals surface area contributed by atoms with E-state index in [0.717, 1.165) is 16.3 Å². The summed E-state index contributed by atoms with van der Waals surface area (Å²) in [5.41, 5.74) is 7.13. The molecule has 1 unspecified atom stereocenters. The highest BCUT2D eigenvalue weighted by Gasteiger charge is 2.09. The third-order valence-corrected chi connectivity index (χ3v) is 2.60. The zero-order valence-electron chi connectivity index (χ0n) is 9.39. The van der Waals surface area contributed by atoms with E-state index >= 15 is 0 Å². The van der Waals surface area contributed by atoms with Gasteiger partial charge in [-0.05, 0) is 17.9 Å². The second-order valence-corrected chi connectivity index (χ2v) is 3.72. The van der Waals surface area contributed by atoms with Crippen molar-refractivity contribution in [2.75, 3.05) is 13.2 Å². The van der Waals surface area contributed by atoms with E-state index in [1.54, 1.807) is 0 Å². The highest BCUT2D eigenvalue weighted by atomic mass is 16.5. The Bertz CT molecular complexity index is 465. The Kier molecular flexibility index (Phi) is 3.49. The molecule has 0 bridgehead atoms. The normalized spacial score (nSPS) is 12.9. The fourth-order valence-electron chi connectivity index (χ4n) is 1.77. The van der Waals surface area contributed by atoms with Crippen molar-refractivity contribution in [1.29, 1.82) is 0 Å². The lowest BCUT2D eigenvalue weighted by atomic mass is 10.0. The van der Waals surface area contributed by atoms with Crippen LogP contribution in [0.15, 0.2) is 36.7 Å². The lowest BCUT2D eigenvalue weighted by Crippen LogP contribution is -2.17. The molecule has 16 heavy (non-hydrogen) atoms. The molecule has 0 saturated carbocycles. The van der Waals surface area contributed by atoms with Crippen LogP contribution in [-0.4, -0.2) is 18.2 Å². The van der Waals surface area contributed by atoms with Gasteiger partial charge in [0.2, 0.25) is 0 Å². The molecule has 0 fully saturated rings. The summed E-state index contributed by atoms with van der Waals surface area (Å²) in [6.07, 6.45) is 3.68. The number of nitrogens with two attached hydrogens (primary N) is 1. The molecule has 0 aliphatic carbocycles. The molecule has 0 aliphatic heterocycles. The van der Waals surface area contributed by atoms with E-state index < -0.39 is 0 Å². The van der Waals surface area contributed by atoms with Gasteiger partial charge >= 0.3 is 0 Å². The predicted octanol–water partition coefficient (Wildman–Crippen LogP) is 2.27. The van der Waals surface area contributed by atoms with Crippen LogP contribution in [0.2, 0.25) is 0 Å². The van der Waals surface area contributed by atoms with Crippen LogP contribution in [-0.2, 0) is 4.74 Å². The first-order chi connectivity index (χ1) is 7.83. The number of rotatable bonds is 4. The molecule has 0 amide bonds. The number of nitrogens with zero attached hydrogens (tertiary/aromatic N) is 1. The minimum Gasteiger partial charge on any atom is -0.380 e. The summed E-state index contributed by atoms with van der Waals surface area (Å²) in [5, 5.41) is 2.27. The Morgan fingerprint density at radius 1 is 1.31 bits per heavy atom. The van der Waals surface area contributed by atoms with Gasteiger partial charge in [0.25, 0.3) is 0 Å². The van der Waals surface area contributed by atoms with Crippen molar-refractivity contribution in [3.05, 3.63) is 42.2 Å². The molecule has 2 aromatic rings. The summed E-state index contributed by atoms with van der Waals surface area (Å²) in [7, 11) is 0. The molecule has 1 atom stereocenters. The van der Waals surface area contributed by atoms with Crippen molar-refractivity contribution in [1.82, 2.24) is 4.98 Å². The zero-order valence-corrected chi connectivity index (χ0v) is 9.39. The quantitative estimate of drug-likeness (QED) is 0.852. The zero-order chi connectivity index (χ0) is 11.4. The van der Waals surface area contributed by atoms with Gasteiger partial charge in [-0.15, -0.1) is 0 Å². The molecule has 84 valence electrons. The topological polar surface area (TPSA) is 48.1 Å². The maximum atomic E-state index is 6.08. The van der Waals surface area contributed by atoms with E-state index in [-0.39, 0.29) is 6.04 Å². The third kappa shape index (κ3) is 2.21. The Morgan fingerprint density at radius 3 is 2.94 bits per heavy atom. The minimum atomic E-state index is -0.112. The molecule has 1 aromatic carbocycles. The number of hydrogen-bond donors (Lipinski definition) is 1. The minimum absolute atomic E-state index is 0.112. The average molecular weight is 216 g/mol. The van der Waals surface area contributed by atoms with Crippen LogP contribution in [0.3, 0.4) is 0 Å². The summed E-state index contributed by atoms with van der Waals surface area (Å²) in [4.78, 5) is 4.21. The van der Waals surface area contributed by atoms with Crippen LogP contribution in [0, 0.1) is 0 Å². The Labute approximate surface area is 95.2 Å². The molecule has 0 radical (unpaired) electrons. The highest BCUT2D eigenvalue weighted by Crippen LogP contribution is 2.21. The first-order valence-electron chi connectivity index (χ1n) is 5.49. The van der Waals surface area contributed by atoms with E-state index in [1.807, 2.05) is 37.5 Å². The summed E-state index contributed by atoms with van der Waals surface area (Å²) in [6, 6.07) is 8.01. The van der Waals surface area contributed by atoms with Crippen molar-refractivity contribution in [2.45, 2.75) is 13.0 Å². The smallest absolute Gasteiger partial charge is 0.0660 e. The van der Waals surface area contributed by atoms with Crippen molar-refractivity contribution < 1.29 is 4.74 Å². The van der Waals surface area contributed by atoms with Gasteiger partial charge in [-0.2, -0.15) is 0 Å². The highest BCUT2D eigenvalue weighted by molar-refractivity contribution is 5.85. The van der Waals surface area contributed by atoms with E-state index in [4.69, 9.17) is 10.5 Å². The van der Waals surface area contributed by atoms with Gasteiger partial charge in [0.15, 0.2) is 0 Å². The molecule has 2 rings (SSSR count). The van der Waals surface area contributed by atoms with Crippen molar-refractivity contribution in [3.8, 4) is 0 Å². The number of aromatic nitrogens is 1. The number of ether oxygens (including phenoxy) is 1. The molecule has 1 aromatic heterocycles. The Morgan fingerprint density at radius 2 is 2.12 bits per heavy atom. The van der Waals surface area contributed by atoms with Crippen molar-refractivity contribution >= 4 is 10.8 Å². The maximum absolute atomic E-state index is 6.08. The Balaban J connectivity index is 2.36. The molecule has 3 nitrogen and oxygen atoms in total. The third-order valence-electron chi connectivity index (χ3n) is 2.60. The molecule has 0 aliphatic rings. The Hall–Kier alpha value is -1.45. The summed E-state index contributed by atoms with van der Waals surface area (Å²) >= 11 is 0. The van der Waals surface area contributed by atoms with Gasteiger partial charge in [-0.3, -0.25) is 4.98 Å². The van der Waals surface area contributed by atoms with Crippen molar-refractivity contribution in [3.63, 3.8) is 0 Å². The SMILES string of the molecule is CCOCC(N)c1cncc2ccccc12. The lowest BCUT2D eigenvalue weighted by Gasteiger charge is -2.13. The van der Waals surface area contributed by atoms with E-state index in [9.17, 15) is 0 Å². The summed E-state index contributed by atoms with van der Waals surface area (Å²) in [6.45, 7) is 3.19. The fourth-order valence-corrected chi connectivity index (χ4v) is 1.77. The van der Waals surface area contributed by atoms with Crippen LogP contribution >= 0.6 is 0 Å². The van der Waals surface area contributed by atoms with Gasteiger partial charge in [0.1, 0.15) is 0 Å². The monoisotopic (exact) mass is 216 g/mol. The first-order valence-corrected chi connectivity index (χ1v) is 5.49. The molecular weight excluding hydrogens is 200 g/mol.